The third kappa shape index (κ3) is 3.09. The zero-order valence-electron chi connectivity index (χ0n) is 14.2. The molecule has 0 bridgehead atoms. The zero-order valence-corrected chi connectivity index (χ0v) is 14.2. The summed E-state index contributed by atoms with van der Waals surface area (Å²) in [5.74, 6) is 2.55. The van der Waals surface area contributed by atoms with Crippen LogP contribution in [0.2, 0.25) is 0 Å². The van der Waals surface area contributed by atoms with Gasteiger partial charge in [-0.25, -0.2) is 0 Å². The molecular formula is C16H25N5O2. The fourth-order valence-electron chi connectivity index (χ4n) is 3.50. The summed E-state index contributed by atoms with van der Waals surface area (Å²) < 4.78 is 2.16. The molecule has 0 N–H and O–H groups in total. The van der Waals surface area contributed by atoms with Crippen LogP contribution in [0.4, 0.5) is 0 Å². The number of amides is 2. The third-order valence-corrected chi connectivity index (χ3v) is 4.86. The van der Waals surface area contributed by atoms with Crippen molar-refractivity contribution in [2.24, 2.45) is 5.92 Å². The fraction of sp³-hybridized carbons (Fsp3) is 0.750. The summed E-state index contributed by atoms with van der Waals surface area (Å²) in [6.07, 6.45) is 1.68. The number of rotatable bonds is 2. The van der Waals surface area contributed by atoms with Gasteiger partial charge in [-0.1, -0.05) is 13.8 Å². The molecule has 0 saturated carbocycles. The highest BCUT2D eigenvalue weighted by molar-refractivity contribution is 5.78. The molecule has 0 aromatic carbocycles. The molecule has 1 aromatic heterocycles. The molecule has 3 heterocycles. The molecule has 1 aromatic rings. The minimum absolute atomic E-state index is 0.0355. The zero-order chi connectivity index (χ0) is 16.6. The first kappa shape index (κ1) is 16.0. The van der Waals surface area contributed by atoms with Crippen LogP contribution in [-0.2, 0) is 22.6 Å². The van der Waals surface area contributed by atoms with Crippen molar-refractivity contribution in [1.82, 2.24) is 24.6 Å². The summed E-state index contributed by atoms with van der Waals surface area (Å²) in [4.78, 5) is 27.5. The van der Waals surface area contributed by atoms with E-state index >= 15 is 0 Å². The van der Waals surface area contributed by atoms with Crippen molar-refractivity contribution in [2.45, 2.75) is 46.1 Å². The standard InChI is InChI=1S/C16H25N5O2/c1-11(2)16(23)20-6-4-13(10-20)15-18-17-14-5-7-19(12(3)22)8-9-21(14)15/h11,13H,4-10H2,1-3H3. The van der Waals surface area contributed by atoms with Gasteiger partial charge < -0.3 is 14.4 Å². The lowest BCUT2D eigenvalue weighted by Gasteiger charge is -2.19. The predicted molar refractivity (Wildman–Crippen MR) is 84.8 cm³/mol. The third-order valence-electron chi connectivity index (χ3n) is 4.86. The highest BCUT2D eigenvalue weighted by Gasteiger charge is 2.32. The number of fused-ring (bicyclic) bond motifs is 1. The van der Waals surface area contributed by atoms with Gasteiger partial charge in [0.25, 0.3) is 0 Å². The maximum Gasteiger partial charge on any atom is 0.225 e. The van der Waals surface area contributed by atoms with Crippen LogP contribution < -0.4 is 0 Å². The number of nitrogens with zero attached hydrogens (tertiary/aromatic N) is 5. The number of carbonyl (C=O) groups excluding carboxylic acids is 2. The van der Waals surface area contributed by atoms with E-state index in [1.54, 1.807) is 6.92 Å². The Labute approximate surface area is 136 Å². The monoisotopic (exact) mass is 319 g/mol. The molecule has 2 aliphatic rings. The summed E-state index contributed by atoms with van der Waals surface area (Å²) in [6.45, 7) is 9.16. The van der Waals surface area contributed by atoms with E-state index in [9.17, 15) is 9.59 Å². The Balaban J connectivity index is 1.73. The van der Waals surface area contributed by atoms with Crippen LogP contribution in [0, 0.1) is 5.92 Å². The van der Waals surface area contributed by atoms with Crippen LogP contribution in [0.25, 0.3) is 0 Å². The van der Waals surface area contributed by atoms with Gasteiger partial charge in [-0.15, -0.1) is 10.2 Å². The summed E-state index contributed by atoms with van der Waals surface area (Å²) in [5, 5.41) is 8.73. The topological polar surface area (TPSA) is 71.3 Å². The van der Waals surface area contributed by atoms with Crippen LogP contribution in [0.3, 0.4) is 0 Å². The van der Waals surface area contributed by atoms with Crippen molar-refractivity contribution in [1.29, 1.82) is 0 Å². The van der Waals surface area contributed by atoms with Gasteiger partial charge >= 0.3 is 0 Å². The molecular weight excluding hydrogens is 294 g/mol. The molecule has 126 valence electrons. The van der Waals surface area contributed by atoms with Gasteiger partial charge in [-0.05, 0) is 6.42 Å². The molecule has 1 atom stereocenters. The van der Waals surface area contributed by atoms with Crippen molar-refractivity contribution < 1.29 is 9.59 Å². The maximum absolute atomic E-state index is 12.2. The minimum Gasteiger partial charge on any atom is -0.342 e. The molecule has 1 fully saturated rings. The van der Waals surface area contributed by atoms with E-state index < -0.39 is 0 Å². The Morgan fingerprint density at radius 2 is 1.87 bits per heavy atom. The first-order chi connectivity index (χ1) is 11.0. The van der Waals surface area contributed by atoms with Gasteiger partial charge in [0.1, 0.15) is 11.6 Å². The molecule has 0 aliphatic carbocycles. The summed E-state index contributed by atoms with van der Waals surface area (Å²) in [5.41, 5.74) is 0. The number of likely N-dealkylation sites (tertiary alicyclic amines) is 1. The van der Waals surface area contributed by atoms with Crippen LogP contribution in [0.1, 0.15) is 44.8 Å². The molecule has 7 heteroatoms. The van der Waals surface area contributed by atoms with Crippen molar-refractivity contribution in [3.8, 4) is 0 Å². The van der Waals surface area contributed by atoms with E-state index in [1.807, 2.05) is 23.6 Å². The van der Waals surface area contributed by atoms with Crippen LogP contribution in [0.5, 0.6) is 0 Å². The van der Waals surface area contributed by atoms with E-state index in [0.717, 1.165) is 44.1 Å². The number of hydrogen-bond donors (Lipinski definition) is 0. The van der Waals surface area contributed by atoms with Gasteiger partial charge in [0, 0.05) is 57.9 Å². The first-order valence-corrected chi connectivity index (χ1v) is 8.43. The first-order valence-electron chi connectivity index (χ1n) is 8.43. The molecule has 7 nitrogen and oxygen atoms in total. The van der Waals surface area contributed by atoms with E-state index in [-0.39, 0.29) is 23.7 Å². The van der Waals surface area contributed by atoms with Crippen LogP contribution >= 0.6 is 0 Å². The molecule has 0 spiro atoms. The van der Waals surface area contributed by atoms with Crippen LogP contribution in [0.15, 0.2) is 0 Å². The normalized spacial score (nSPS) is 21.5. The second-order valence-corrected chi connectivity index (χ2v) is 6.81. The smallest absolute Gasteiger partial charge is 0.225 e. The number of aromatic nitrogens is 3. The van der Waals surface area contributed by atoms with Gasteiger partial charge in [0.05, 0.1) is 0 Å². The highest BCUT2D eigenvalue weighted by Crippen LogP contribution is 2.28. The quantitative estimate of drug-likeness (QED) is 0.802. The average Bonchev–Trinajstić information content (AvgIpc) is 3.08. The maximum atomic E-state index is 12.2. The Bertz CT molecular complexity index is 610. The van der Waals surface area contributed by atoms with Crippen molar-refractivity contribution in [3.05, 3.63) is 11.6 Å². The molecule has 2 aliphatic heterocycles. The van der Waals surface area contributed by atoms with Gasteiger partial charge in [0.15, 0.2) is 0 Å². The lowest BCUT2D eigenvalue weighted by Crippen LogP contribution is -2.32. The van der Waals surface area contributed by atoms with E-state index in [2.05, 4.69) is 14.8 Å². The summed E-state index contributed by atoms with van der Waals surface area (Å²) in [6, 6.07) is 0. The van der Waals surface area contributed by atoms with Gasteiger partial charge in [-0.3, -0.25) is 9.59 Å². The fourth-order valence-corrected chi connectivity index (χ4v) is 3.50. The minimum atomic E-state index is 0.0355. The van der Waals surface area contributed by atoms with E-state index in [4.69, 9.17) is 0 Å². The molecule has 2 amide bonds. The predicted octanol–water partition coefficient (Wildman–Crippen LogP) is 0.655. The van der Waals surface area contributed by atoms with Crippen molar-refractivity contribution in [2.75, 3.05) is 26.2 Å². The Morgan fingerprint density at radius 3 is 2.57 bits per heavy atom. The number of carbonyl (C=O) groups is 2. The Hall–Kier alpha value is -1.92. The molecule has 1 unspecified atom stereocenters. The Morgan fingerprint density at radius 1 is 1.09 bits per heavy atom. The van der Waals surface area contributed by atoms with Crippen molar-refractivity contribution >= 4 is 11.8 Å². The highest BCUT2D eigenvalue weighted by atomic mass is 16.2. The summed E-state index contributed by atoms with van der Waals surface area (Å²) in [7, 11) is 0. The molecule has 23 heavy (non-hydrogen) atoms. The van der Waals surface area contributed by atoms with Crippen LogP contribution in [-0.4, -0.2) is 62.6 Å². The van der Waals surface area contributed by atoms with E-state index in [0.29, 0.717) is 13.1 Å². The summed E-state index contributed by atoms with van der Waals surface area (Å²) >= 11 is 0. The second kappa shape index (κ2) is 6.29. The number of hydrogen-bond acceptors (Lipinski definition) is 4. The SMILES string of the molecule is CC(=O)N1CCc2nnc(C3CCN(C(=O)C(C)C)C3)n2CC1. The van der Waals surface area contributed by atoms with Crippen molar-refractivity contribution in [3.63, 3.8) is 0 Å². The molecule has 1 saturated heterocycles. The van der Waals surface area contributed by atoms with Gasteiger partial charge in [-0.2, -0.15) is 0 Å². The lowest BCUT2D eigenvalue weighted by atomic mass is 10.1. The lowest BCUT2D eigenvalue weighted by molar-refractivity contribution is -0.133. The second-order valence-electron chi connectivity index (χ2n) is 6.81. The average molecular weight is 319 g/mol. The molecule has 0 radical (unpaired) electrons. The molecule has 3 rings (SSSR count). The van der Waals surface area contributed by atoms with Gasteiger partial charge in [0.2, 0.25) is 11.8 Å². The largest absolute Gasteiger partial charge is 0.342 e. The Kier molecular flexibility index (Phi) is 4.37. The van der Waals surface area contributed by atoms with E-state index in [1.165, 1.54) is 0 Å².